The van der Waals surface area contributed by atoms with E-state index in [1.807, 2.05) is 25.1 Å². The van der Waals surface area contributed by atoms with E-state index < -0.39 is 0 Å². The Morgan fingerprint density at radius 2 is 2.17 bits per heavy atom. The molecule has 18 heavy (non-hydrogen) atoms. The third kappa shape index (κ3) is 2.72. The van der Waals surface area contributed by atoms with Crippen LogP contribution in [0.5, 0.6) is 0 Å². The fourth-order valence-corrected chi connectivity index (χ4v) is 2.83. The Balaban J connectivity index is 2.14. The van der Waals surface area contributed by atoms with Crippen molar-refractivity contribution in [3.8, 4) is 6.07 Å². The molecular formula is C15H16N2S. The van der Waals surface area contributed by atoms with E-state index in [9.17, 15) is 0 Å². The van der Waals surface area contributed by atoms with Gasteiger partial charge in [0.1, 0.15) is 6.07 Å². The lowest BCUT2D eigenvalue weighted by Gasteiger charge is -2.09. The summed E-state index contributed by atoms with van der Waals surface area (Å²) in [5.74, 6) is 0. The minimum Gasteiger partial charge on any atom is -0.379 e. The van der Waals surface area contributed by atoms with Crippen LogP contribution in [0.1, 0.15) is 28.5 Å². The number of thiophene rings is 1. The number of nitriles is 1. The van der Waals surface area contributed by atoms with Gasteiger partial charge in [0.2, 0.25) is 0 Å². The van der Waals surface area contributed by atoms with Gasteiger partial charge in [-0.15, -0.1) is 11.3 Å². The number of aryl methyl sites for hydroxylation is 2. The van der Waals surface area contributed by atoms with Crippen molar-refractivity contribution >= 4 is 17.0 Å². The molecule has 0 fully saturated rings. The van der Waals surface area contributed by atoms with Crippen molar-refractivity contribution in [1.82, 2.24) is 0 Å². The predicted molar refractivity (Wildman–Crippen MR) is 76.9 cm³/mol. The van der Waals surface area contributed by atoms with Crippen molar-refractivity contribution in [2.45, 2.75) is 26.8 Å². The van der Waals surface area contributed by atoms with Gasteiger partial charge in [0.05, 0.1) is 11.3 Å². The lowest BCUT2D eigenvalue weighted by molar-refractivity contribution is 1.08. The number of anilines is 1. The summed E-state index contributed by atoms with van der Waals surface area (Å²) in [6, 6.07) is 10.3. The Labute approximate surface area is 112 Å². The fourth-order valence-electron chi connectivity index (χ4n) is 1.92. The van der Waals surface area contributed by atoms with E-state index in [1.54, 1.807) is 11.3 Å². The average molecular weight is 256 g/mol. The molecule has 0 saturated carbocycles. The maximum Gasteiger partial charge on any atom is 0.101 e. The normalized spacial score (nSPS) is 10.1. The summed E-state index contributed by atoms with van der Waals surface area (Å²) in [6.07, 6.45) is 1.06. The Bertz CT molecular complexity index is 578. The molecule has 0 aliphatic carbocycles. The van der Waals surface area contributed by atoms with Crippen LogP contribution in [0.2, 0.25) is 0 Å². The highest BCUT2D eigenvalue weighted by Crippen LogP contribution is 2.21. The summed E-state index contributed by atoms with van der Waals surface area (Å²) in [4.78, 5) is 1.35. The molecule has 1 aromatic carbocycles. The Hall–Kier alpha value is -1.79. The van der Waals surface area contributed by atoms with Crippen LogP contribution in [-0.2, 0) is 13.0 Å². The number of nitrogens with zero attached hydrogens (tertiary/aromatic N) is 1. The van der Waals surface area contributed by atoms with Crippen LogP contribution in [-0.4, -0.2) is 0 Å². The zero-order valence-electron chi connectivity index (χ0n) is 10.7. The first-order valence-electron chi connectivity index (χ1n) is 6.04. The van der Waals surface area contributed by atoms with Gasteiger partial charge in [0.25, 0.3) is 0 Å². The summed E-state index contributed by atoms with van der Waals surface area (Å²) in [5.41, 5.74) is 4.13. The summed E-state index contributed by atoms with van der Waals surface area (Å²) >= 11 is 1.76. The molecule has 1 N–H and O–H groups in total. The van der Waals surface area contributed by atoms with Crippen molar-refractivity contribution in [1.29, 1.82) is 5.26 Å². The van der Waals surface area contributed by atoms with Gasteiger partial charge < -0.3 is 5.32 Å². The molecule has 0 radical (unpaired) electrons. The summed E-state index contributed by atoms with van der Waals surface area (Å²) in [5, 5.41) is 14.6. The van der Waals surface area contributed by atoms with Crippen molar-refractivity contribution in [2.24, 2.45) is 0 Å². The second-order valence-corrected chi connectivity index (χ2v) is 5.24. The largest absolute Gasteiger partial charge is 0.379 e. The Kier molecular flexibility index (Phi) is 4.01. The second kappa shape index (κ2) is 5.70. The van der Waals surface area contributed by atoms with Gasteiger partial charge in [0, 0.05) is 11.4 Å². The molecule has 0 unspecified atom stereocenters. The van der Waals surface area contributed by atoms with Crippen LogP contribution in [0.3, 0.4) is 0 Å². The molecular weight excluding hydrogens is 240 g/mol. The van der Waals surface area contributed by atoms with E-state index in [-0.39, 0.29) is 0 Å². The van der Waals surface area contributed by atoms with Gasteiger partial charge in [-0.25, -0.2) is 0 Å². The van der Waals surface area contributed by atoms with E-state index in [0.29, 0.717) is 5.56 Å². The third-order valence-corrected chi connectivity index (χ3v) is 3.92. The number of rotatable bonds is 4. The highest BCUT2D eigenvalue weighted by Gasteiger charge is 2.05. The molecule has 2 rings (SSSR count). The van der Waals surface area contributed by atoms with E-state index >= 15 is 0 Å². The maximum atomic E-state index is 9.11. The monoisotopic (exact) mass is 256 g/mol. The lowest BCUT2D eigenvalue weighted by atomic mass is 10.1. The standard InChI is InChI=1S/C15H16N2S/c1-3-12-6-7-18-15(12)10-17-14-5-4-11(2)8-13(14)9-16/h4-8,17H,3,10H2,1-2H3. The first-order valence-corrected chi connectivity index (χ1v) is 6.92. The number of benzene rings is 1. The van der Waals surface area contributed by atoms with Gasteiger partial charge in [-0.3, -0.25) is 0 Å². The van der Waals surface area contributed by atoms with Crippen molar-refractivity contribution < 1.29 is 0 Å². The predicted octanol–water partition coefficient (Wildman–Crippen LogP) is 4.10. The van der Waals surface area contributed by atoms with Crippen LogP contribution in [0.4, 0.5) is 5.69 Å². The molecule has 0 spiro atoms. The van der Waals surface area contributed by atoms with Crippen LogP contribution < -0.4 is 5.32 Å². The highest BCUT2D eigenvalue weighted by atomic mass is 32.1. The van der Waals surface area contributed by atoms with Gasteiger partial charge in [-0.1, -0.05) is 13.0 Å². The Morgan fingerprint density at radius 1 is 1.33 bits per heavy atom. The molecule has 3 heteroatoms. The van der Waals surface area contributed by atoms with E-state index in [2.05, 4.69) is 29.8 Å². The van der Waals surface area contributed by atoms with Crippen LogP contribution in [0.25, 0.3) is 0 Å². The minimum absolute atomic E-state index is 0.713. The minimum atomic E-state index is 0.713. The first kappa shape index (κ1) is 12.7. The van der Waals surface area contributed by atoms with E-state index in [4.69, 9.17) is 5.26 Å². The highest BCUT2D eigenvalue weighted by molar-refractivity contribution is 7.10. The smallest absolute Gasteiger partial charge is 0.101 e. The molecule has 0 atom stereocenters. The lowest BCUT2D eigenvalue weighted by Crippen LogP contribution is -2.01. The van der Waals surface area contributed by atoms with E-state index in [0.717, 1.165) is 24.2 Å². The number of hydrogen-bond donors (Lipinski definition) is 1. The third-order valence-electron chi connectivity index (χ3n) is 2.95. The fraction of sp³-hybridized carbons (Fsp3) is 0.267. The molecule has 2 nitrogen and oxygen atoms in total. The molecule has 0 aliphatic rings. The molecule has 92 valence electrons. The molecule has 0 aliphatic heterocycles. The zero-order valence-corrected chi connectivity index (χ0v) is 11.5. The van der Waals surface area contributed by atoms with Crippen molar-refractivity contribution in [3.05, 3.63) is 51.2 Å². The summed E-state index contributed by atoms with van der Waals surface area (Å²) in [7, 11) is 0. The summed E-state index contributed by atoms with van der Waals surface area (Å²) < 4.78 is 0. The number of hydrogen-bond acceptors (Lipinski definition) is 3. The van der Waals surface area contributed by atoms with Gasteiger partial charge >= 0.3 is 0 Å². The second-order valence-electron chi connectivity index (χ2n) is 4.24. The maximum absolute atomic E-state index is 9.11. The first-order chi connectivity index (χ1) is 8.74. The van der Waals surface area contributed by atoms with Crippen LogP contribution in [0, 0.1) is 18.3 Å². The Morgan fingerprint density at radius 3 is 2.89 bits per heavy atom. The molecule has 1 heterocycles. The molecule has 2 aromatic rings. The molecule has 1 aromatic heterocycles. The van der Waals surface area contributed by atoms with Crippen molar-refractivity contribution in [3.63, 3.8) is 0 Å². The SMILES string of the molecule is CCc1ccsc1CNc1ccc(C)cc1C#N. The van der Waals surface area contributed by atoms with Crippen LogP contribution >= 0.6 is 11.3 Å². The summed E-state index contributed by atoms with van der Waals surface area (Å²) in [6.45, 7) is 4.95. The zero-order chi connectivity index (χ0) is 13.0. The van der Waals surface area contributed by atoms with E-state index in [1.165, 1.54) is 10.4 Å². The van der Waals surface area contributed by atoms with Gasteiger partial charge in [-0.2, -0.15) is 5.26 Å². The number of nitrogens with one attached hydrogen (secondary N) is 1. The van der Waals surface area contributed by atoms with Gasteiger partial charge in [-0.05, 0) is 48.1 Å². The topological polar surface area (TPSA) is 35.8 Å². The molecule has 0 bridgehead atoms. The average Bonchev–Trinajstić information content (AvgIpc) is 2.84. The molecule has 0 saturated heterocycles. The van der Waals surface area contributed by atoms with Crippen LogP contribution in [0.15, 0.2) is 29.6 Å². The quantitative estimate of drug-likeness (QED) is 0.893. The van der Waals surface area contributed by atoms with Crippen molar-refractivity contribution in [2.75, 3.05) is 5.32 Å². The molecule has 0 amide bonds. The van der Waals surface area contributed by atoms with Gasteiger partial charge in [0.15, 0.2) is 0 Å².